The molecule has 0 radical (unpaired) electrons. The quantitative estimate of drug-likeness (QED) is 0.765. The van der Waals surface area contributed by atoms with E-state index in [2.05, 4.69) is 25.3 Å². The minimum atomic E-state index is 0. The van der Waals surface area contributed by atoms with Crippen molar-refractivity contribution in [2.24, 2.45) is 5.73 Å². The number of thiophene rings is 1. The molecule has 0 aliphatic rings. The van der Waals surface area contributed by atoms with Gasteiger partial charge in [-0.2, -0.15) is 0 Å². The van der Waals surface area contributed by atoms with E-state index in [9.17, 15) is 0 Å². The van der Waals surface area contributed by atoms with E-state index in [0.717, 1.165) is 6.42 Å². The molecule has 0 aromatic carbocycles. The fraction of sp³-hybridized carbons (Fsp3) is 0.500. The Bertz CT molecular complexity index is 210. The Labute approximate surface area is 78.0 Å². The summed E-state index contributed by atoms with van der Waals surface area (Å²) in [4.78, 5) is 1.34. The zero-order valence-electron chi connectivity index (χ0n) is 6.83. The number of halogens is 1. The first kappa shape index (κ1) is 11.0. The highest BCUT2D eigenvalue weighted by Crippen LogP contribution is 2.23. The second-order valence-electron chi connectivity index (χ2n) is 2.48. The van der Waals surface area contributed by atoms with E-state index >= 15 is 0 Å². The number of rotatable bonds is 2. The van der Waals surface area contributed by atoms with Gasteiger partial charge in [0, 0.05) is 10.9 Å². The first-order valence-electron chi connectivity index (χ1n) is 3.55. The van der Waals surface area contributed by atoms with Crippen LogP contribution in [0.2, 0.25) is 0 Å². The van der Waals surface area contributed by atoms with Crippen LogP contribution < -0.4 is 5.73 Å². The van der Waals surface area contributed by atoms with E-state index < -0.39 is 0 Å². The van der Waals surface area contributed by atoms with E-state index in [1.807, 2.05) is 0 Å². The third-order valence-electron chi connectivity index (χ3n) is 1.68. The molecule has 0 bridgehead atoms. The molecule has 1 heterocycles. The summed E-state index contributed by atoms with van der Waals surface area (Å²) in [5, 5.41) is 2.10. The Balaban J connectivity index is 0.000001000. The zero-order valence-corrected chi connectivity index (χ0v) is 8.47. The largest absolute Gasteiger partial charge is 0.323 e. The van der Waals surface area contributed by atoms with Gasteiger partial charge in [0.2, 0.25) is 0 Å². The summed E-state index contributed by atoms with van der Waals surface area (Å²) >= 11 is 1.76. The molecule has 1 rings (SSSR count). The van der Waals surface area contributed by atoms with Gasteiger partial charge in [-0.3, -0.25) is 0 Å². The SMILES string of the molecule is CCC(N)c1sccc1C.Cl. The summed E-state index contributed by atoms with van der Waals surface area (Å²) in [5.74, 6) is 0. The van der Waals surface area contributed by atoms with Gasteiger partial charge in [0.05, 0.1) is 0 Å². The van der Waals surface area contributed by atoms with Crippen molar-refractivity contribution in [3.63, 3.8) is 0 Å². The maximum atomic E-state index is 5.85. The molecule has 3 heteroatoms. The van der Waals surface area contributed by atoms with E-state index in [0.29, 0.717) is 0 Å². The lowest BCUT2D eigenvalue weighted by Crippen LogP contribution is -2.07. The fourth-order valence-corrected chi connectivity index (χ4v) is 1.96. The van der Waals surface area contributed by atoms with Crippen LogP contribution >= 0.6 is 23.7 Å². The van der Waals surface area contributed by atoms with Crippen LogP contribution in [0.5, 0.6) is 0 Å². The van der Waals surface area contributed by atoms with Crippen molar-refractivity contribution in [2.45, 2.75) is 26.3 Å². The minimum absolute atomic E-state index is 0. The van der Waals surface area contributed by atoms with Crippen molar-refractivity contribution >= 4 is 23.7 Å². The normalized spacial score (nSPS) is 12.3. The maximum Gasteiger partial charge on any atom is 0.0389 e. The predicted octanol–water partition coefficient (Wildman–Crippen LogP) is 2.89. The Morgan fingerprint density at radius 2 is 2.27 bits per heavy atom. The Kier molecular flexibility index (Phi) is 4.73. The summed E-state index contributed by atoms with van der Waals surface area (Å²) in [6.07, 6.45) is 1.03. The smallest absolute Gasteiger partial charge is 0.0389 e. The molecular weight excluding hydrogens is 178 g/mol. The zero-order chi connectivity index (χ0) is 7.56. The molecule has 64 valence electrons. The molecular formula is C8H14ClNS. The Morgan fingerprint density at radius 1 is 1.64 bits per heavy atom. The van der Waals surface area contributed by atoms with Crippen molar-refractivity contribution in [3.05, 3.63) is 21.9 Å². The van der Waals surface area contributed by atoms with E-state index in [1.54, 1.807) is 11.3 Å². The first-order chi connectivity index (χ1) is 4.75. The van der Waals surface area contributed by atoms with Crippen LogP contribution in [-0.2, 0) is 0 Å². The maximum absolute atomic E-state index is 5.85. The van der Waals surface area contributed by atoms with Crippen LogP contribution in [0.4, 0.5) is 0 Å². The molecule has 0 aliphatic heterocycles. The Hall–Kier alpha value is -0.0500. The predicted molar refractivity (Wildman–Crippen MR) is 53.5 cm³/mol. The molecule has 2 N–H and O–H groups in total. The lowest BCUT2D eigenvalue weighted by Gasteiger charge is -2.06. The molecule has 1 nitrogen and oxygen atoms in total. The third-order valence-corrected chi connectivity index (χ3v) is 2.83. The molecule has 1 atom stereocenters. The summed E-state index contributed by atoms with van der Waals surface area (Å²) in [6, 6.07) is 2.37. The highest BCUT2D eigenvalue weighted by Gasteiger charge is 2.06. The van der Waals surface area contributed by atoms with Crippen LogP contribution in [-0.4, -0.2) is 0 Å². The van der Waals surface area contributed by atoms with E-state index in [-0.39, 0.29) is 18.4 Å². The van der Waals surface area contributed by atoms with Gasteiger partial charge in [-0.1, -0.05) is 6.92 Å². The van der Waals surface area contributed by atoms with Gasteiger partial charge < -0.3 is 5.73 Å². The summed E-state index contributed by atoms with van der Waals surface area (Å²) < 4.78 is 0. The van der Waals surface area contributed by atoms with Crippen molar-refractivity contribution in [1.82, 2.24) is 0 Å². The fourth-order valence-electron chi connectivity index (χ4n) is 0.950. The molecule has 0 saturated carbocycles. The first-order valence-corrected chi connectivity index (χ1v) is 4.43. The number of hydrogen-bond donors (Lipinski definition) is 1. The second-order valence-corrected chi connectivity index (χ2v) is 3.43. The Morgan fingerprint density at radius 3 is 2.64 bits per heavy atom. The topological polar surface area (TPSA) is 26.0 Å². The average molecular weight is 192 g/mol. The van der Waals surface area contributed by atoms with Crippen molar-refractivity contribution in [1.29, 1.82) is 0 Å². The highest BCUT2D eigenvalue weighted by atomic mass is 35.5. The van der Waals surface area contributed by atoms with Gasteiger partial charge in [0.15, 0.2) is 0 Å². The number of aryl methyl sites for hydroxylation is 1. The van der Waals surface area contributed by atoms with Gasteiger partial charge in [-0.15, -0.1) is 23.7 Å². The summed E-state index contributed by atoms with van der Waals surface area (Å²) in [5.41, 5.74) is 7.18. The molecule has 0 spiro atoms. The van der Waals surface area contributed by atoms with Gasteiger partial charge in [0.1, 0.15) is 0 Å². The molecule has 0 saturated heterocycles. The second kappa shape index (κ2) is 4.75. The summed E-state index contributed by atoms with van der Waals surface area (Å²) in [6.45, 7) is 4.23. The van der Waals surface area contributed by atoms with E-state index in [1.165, 1.54) is 10.4 Å². The molecule has 1 aromatic heterocycles. The van der Waals surface area contributed by atoms with Gasteiger partial charge in [-0.05, 0) is 30.4 Å². The van der Waals surface area contributed by atoms with Crippen molar-refractivity contribution in [3.8, 4) is 0 Å². The molecule has 0 amide bonds. The van der Waals surface area contributed by atoms with Crippen molar-refractivity contribution < 1.29 is 0 Å². The molecule has 0 aliphatic carbocycles. The van der Waals surface area contributed by atoms with E-state index in [4.69, 9.17) is 5.73 Å². The minimum Gasteiger partial charge on any atom is -0.323 e. The van der Waals surface area contributed by atoms with Crippen molar-refractivity contribution in [2.75, 3.05) is 0 Å². The molecule has 0 fully saturated rings. The lowest BCUT2D eigenvalue weighted by molar-refractivity contribution is 0.708. The van der Waals surface area contributed by atoms with Crippen LogP contribution in [0.15, 0.2) is 11.4 Å². The molecule has 1 aromatic rings. The van der Waals surface area contributed by atoms with Gasteiger partial charge >= 0.3 is 0 Å². The molecule has 11 heavy (non-hydrogen) atoms. The number of hydrogen-bond acceptors (Lipinski definition) is 2. The van der Waals surface area contributed by atoms with Crippen LogP contribution in [0, 0.1) is 6.92 Å². The van der Waals surface area contributed by atoms with Crippen LogP contribution in [0.25, 0.3) is 0 Å². The average Bonchev–Trinajstić information content (AvgIpc) is 2.34. The van der Waals surface area contributed by atoms with Gasteiger partial charge in [0.25, 0.3) is 0 Å². The van der Waals surface area contributed by atoms with Gasteiger partial charge in [-0.25, -0.2) is 0 Å². The monoisotopic (exact) mass is 191 g/mol. The third kappa shape index (κ3) is 2.47. The summed E-state index contributed by atoms with van der Waals surface area (Å²) in [7, 11) is 0. The lowest BCUT2D eigenvalue weighted by atomic mass is 10.1. The standard InChI is InChI=1S/C8H13NS.ClH/c1-3-7(9)8-6(2)4-5-10-8;/h4-5,7H,3,9H2,1-2H3;1H. The van der Waals surface area contributed by atoms with Crippen LogP contribution in [0.1, 0.15) is 29.8 Å². The highest BCUT2D eigenvalue weighted by molar-refractivity contribution is 7.10. The molecule has 1 unspecified atom stereocenters. The number of nitrogens with two attached hydrogens (primary N) is 1. The van der Waals surface area contributed by atoms with Crippen LogP contribution in [0.3, 0.4) is 0 Å².